The minimum absolute atomic E-state index is 0.147. The van der Waals surface area contributed by atoms with Gasteiger partial charge in [0.2, 0.25) is 0 Å². The summed E-state index contributed by atoms with van der Waals surface area (Å²) < 4.78 is 2.17. The van der Waals surface area contributed by atoms with E-state index >= 15 is 0 Å². The molecule has 0 unspecified atom stereocenters. The topological polar surface area (TPSA) is 50.2 Å². The van der Waals surface area contributed by atoms with Crippen LogP contribution in [-0.2, 0) is 6.54 Å². The highest BCUT2D eigenvalue weighted by molar-refractivity contribution is 5.95. The number of carbonyl (C=O) groups is 1. The van der Waals surface area contributed by atoms with E-state index in [2.05, 4.69) is 21.8 Å². The van der Waals surface area contributed by atoms with Crippen LogP contribution in [0.2, 0.25) is 0 Å². The molecule has 23 heavy (non-hydrogen) atoms. The van der Waals surface area contributed by atoms with Crippen LogP contribution in [0.5, 0.6) is 0 Å². The van der Waals surface area contributed by atoms with Crippen molar-refractivity contribution in [3.63, 3.8) is 0 Å². The summed E-state index contributed by atoms with van der Waals surface area (Å²) in [5.74, 6) is 0.147. The van der Waals surface area contributed by atoms with E-state index in [1.807, 2.05) is 36.1 Å². The molecule has 1 amide bonds. The van der Waals surface area contributed by atoms with Gasteiger partial charge in [-0.2, -0.15) is 0 Å². The maximum absolute atomic E-state index is 12.9. The van der Waals surface area contributed by atoms with Crippen LogP contribution >= 0.6 is 0 Å². The number of pyridine rings is 1. The fourth-order valence-corrected chi connectivity index (χ4v) is 3.13. The van der Waals surface area contributed by atoms with Crippen molar-refractivity contribution >= 4 is 5.91 Å². The molecule has 0 saturated carbocycles. The fourth-order valence-electron chi connectivity index (χ4n) is 3.13. The molecule has 0 radical (unpaired) electrons. The van der Waals surface area contributed by atoms with Crippen LogP contribution in [0, 0.1) is 13.8 Å². The van der Waals surface area contributed by atoms with Crippen molar-refractivity contribution in [1.29, 1.82) is 0 Å². The first-order chi connectivity index (χ1) is 11.2. The predicted octanol–water partition coefficient (Wildman–Crippen LogP) is 1.98. The van der Waals surface area contributed by atoms with Gasteiger partial charge in [0.25, 0.3) is 5.91 Å². The summed E-state index contributed by atoms with van der Waals surface area (Å²) in [7, 11) is 0. The molecular weight excluding hydrogens is 288 g/mol. The highest BCUT2D eigenvalue weighted by atomic mass is 16.2. The number of nitrogens with one attached hydrogen (secondary N) is 1. The molecular formula is C18H24N4O. The van der Waals surface area contributed by atoms with E-state index in [0.717, 1.165) is 55.2 Å². The van der Waals surface area contributed by atoms with Crippen molar-refractivity contribution in [2.24, 2.45) is 0 Å². The average Bonchev–Trinajstić information content (AvgIpc) is 2.78. The number of rotatable bonds is 3. The van der Waals surface area contributed by atoms with Gasteiger partial charge in [-0.15, -0.1) is 0 Å². The predicted molar refractivity (Wildman–Crippen MR) is 90.6 cm³/mol. The third-order valence-corrected chi connectivity index (χ3v) is 4.48. The fraction of sp³-hybridized carbons (Fsp3) is 0.444. The summed E-state index contributed by atoms with van der Waals surface area (Å²) in [6.07, 6.45) is 2.82. The summed E-state index contributed by atoms with van der Waals surface area (Å²) >= 11 is 0. The van der Waals surface area contributed by atoms with Gasteiger partial charge in [-0.1, -0.05) is 6.07 Å². The van der Waals surface area contributed by atoms with Gasteiger partial charge in [-0.3, -0.25) is 9.78 Å². The Kier molecular flexibility index (Phi) is 4.76. The highest BCUT2D eigenvalue weighted by Gasteiger charge is 2.22. The minimum Gasteiger partial charge on any atom is -0.342 e. The molecule has 0 aliphatic carbocycles. The third kappa shape index (κ3) is 3.45. The van der Waals surface area contributed by atoms with Gasteiger partial charge in [0, 0.05) is 37.2 Å². The lowest BCUT2D eigenvalue weighted by atomic mass is 10.2. The van der Waals surface area contributed by atoms with Crippen LogP contribution in [0.1, 0.15) is 33.9 Å². The number of amides is 1. The molecule has 2 aromatic rings. The Morgan fingerprint density at radius 1 is 1.26 bits per heavy atom. The van der Waals surface area contributed by atoms with E-state index in [-0.39, 0.29) is 5.91 Å². The van der Waals surface area contributed by atoms with Crippen molar-refractivity contribution in [2.45, 2.75) is 26.8 Å². The summed E-state index contributed by atoms with van der Waals surface area (Å²) in [6, 6.07) is 7.94. The summed E-state index contributed by atoms with van der Waals surface area (Å²) in [6.45, 7) is 8.25. The van der Waals surface area contributed by atoms with Gasteiger partial charge < -0.3 is 14.8 Å². The first-order valence-electron chi connectivity index (χ1n) is 8.23. The van der Waals surface area contributed by atoms with Gasteiger partial charge in [0.1, 0.15) is 0 Å². The van der Waals surface area contributed by atoms with Crippen LogP contribution < -0.4 is 5.32 Å². The van der Waals surface area contributed by atoms with Crippen molar-refractivity contribution in [2.75, 3.05) is 26.2 Å². The Balaban J connectivity index is 1.83. The molecule has 5 nitrogen and oxygen atoms in total. The van der Waals surface area contributed by atoms with Crippen LogP contribution in [0.25, 0.3) is 0 Å². The highest BCUT2D eigenvalue weighted by Crippen LogP contribution is 2.19. The van der Waals surface area contributed by atoms with Gasteiger partial charge in [-0.25, -0.2) is 0 Å². The molecule has 0 aromatic carbocycles. The van der Waals surface area contributed by atoms with E-state index in [1.165, 1.54) is 0 Å². The second kappa shape index (κ2) is 6.96. The summed E-state index contributed by atoms with van der Waals surface area (Å²) in [5, 5.41) is 3.34. The second-order valence-corrected chi connectivity index (χ2v) is 6.09. The molecule has 122 valence electrons. The van der Waals surface area contributed by atoms with E-state index in [9.17, 15) is 4.79 Å². The zero-order valence-corrected chi connectivity index (χ0v) is 13.9. The lowest BCUT2D eigenvalue weighted by molar-refractivity contribution is 0.0765. The lowest BCUT2D eigenvalue weighted by Gasteiger charge is -2.20. The van der Waals surface area contributed by atoms with Gasteiger partial charge in [0.05, 0.1) is 17.8 Å². The van der Waals surface area contributed by atoms with Gasteiger partial charge in [0.15, 0.2) is 0 Å². The van der Waals surface area contributed by atoms with E-state index in [1.54, 1.807) is 6.20 Å². The molecule has 2 aromatic heterocycles. The Hall–Kier alpha value is -2.14. The van der Waals surface area contributed by atoms with Crippen molar-refractivity contribution < 1.29 is 4.79 Å². The van der Waals surface area contributed by atoms with Gasteiger partial charge in [-0.05, 0) is 45.0 Å². The quantitative estimate of drug-likeness (QED) is 0.943. The van der Waals surface area contributed by atoms with E-state index in [4.69, 9.17) is 0 Å². The largest absolute Gasteiger partial charge is 0.342 e. The molecule has 1 N–H and O–H groups in total. The zero-order chi connectivity index (χ0) is 16.2. The number of hydrogen-bond acceptors (Lipinski definition) is 3. The SMILES string of the molecule is Cc1cc(C(=O)N2CCCNCC2)c(C)n1Cc1ccccn1. The molecule has 3 heterocycles. The number of aryl methyl sites for hydroxylation is 1. The lowest BCUT2D eigenvalue weighted by Crippen LogP contribution is -2.34. The Morgan fingerprint density at radius 3 is 2.91 bits per heavy atom. The normalized spacial score (nSPS) is 15.5. The molecule has 1 aliphatic rings. The Bertz CT molecular complexity index is 670. The molecule has 0 spiro atoms. The molecule has 3 rings (SSSR count). The molecule has 0 bridgehead atoms. The zero-order valence-electron chi connectivity index (χ0n) is 13.9. The van der Waals surface area contributed by atoms with Crippen LogP contribution in [0.15, 0.2) is 30.5 Å². The van der Waals surface area contributed by atoms with Crippen LogP contribution in [-0.4, -0.2) is 46.5 Å². The smallest absolute Gasteiger partial charge is 0.255 e. The minimum atomic E-state index is 0.147. The average molecular weight is 312 g/mol. The monoisotopic (exact) mass is 312 g/mol. The standard InChI is InChI=1S/C18H24N4O/c1-14-12-17(18(23)21-10-5-7-19-9-11-21)15(2)22(14)13-16-6-3-4-8-20-16/h3-4,6,8,12,19H,5,7,9-11,13H2,1-2H3. The number of hydrogen-bond donors (Lipinski definition) is 1. The molecule has 1 fully saturated rings. The number of nitrogens with zero attached hydrogens (tertiary/aromatic N) is 3. The maximum atomic E-state index is 12.9. The second-order valence-electron chi connectivity index (χ2n) is 6.09. The Morgan fingerprint density at radius 2 is 2.13 bits per heavy atom. The van der Waals surface area contributed by atoms with Crippen molar-refractivity contribution in [1.82, 2.24) is 19.8 Å². The first kappa shape index (κ1) is 15.7. The molecule has 1 saturated heterocycles. The van der Waals surface area contributed by atoms with E-state index < -0.39 is 0 Å². The summed E-state index contributed by atoms with van der Waals surface area (Å²) in [5.41, 5.74) is 3.95. The van der Waals surface area contributed by atoms with Crippen LogP contribution in [0.3, 0.4) is 0 Å². The van der Waals surface area contributed by atoms with Crippen LogP contribution in [0.4, 0.5) is 0 Å². The molecule has 5 heteroatoms. The summed E-state index contributed by atoms with van der Waals surface area (Å²) in [4.78, 5) is 19.2. The number of carbonyl (C=O) groups excluding carboxylic acids is 1. The van der Waals surface area contributed by atoms with E-state index in [0.29, 0.717) is 6.54 Å². The van der Waals surface area contributed by atoms with Crippen molar-refractivity contribution in [3.8, 4) is 0 Å². The molecule has 1 aliphatic heterocycles. The van der Waals surface area contributed by atoms with Gasteiger partial charge >= 0.3 is 0 Å². The molecule has 0 atom stereocenters. The Labute approximate surface area is 137 Å². The maximum Gasteiger partial charge on any atom is 0.255 e. The number of aromatic nitrogens is 2. The third-order valence-electron chi connectivity index (χ3n) is 4.48. The first-order valence-corrected chi connectivity index (χ1v) is 8.23. The van der Waals surface area contributed by atoms with Crippen molar-refractivity contribution in [3.05, 3.63) is 53.1 Å².